The second-order valence-electron chi connectivity index (χ2n) is 3.09. The molecule has 0 spiro atoms. The molecule has 0 fully saturated rings. The summed E-state index contributed by atoms with van der Waals surface area (Å²) < 4.78 is 5.04. The minimum absolute atomic E-state index is 0.110. The molecular formula is C11H14O4S. The molecule has 0 saturated heterocycles. The van der Waals surface area contributed by atoms with Crippen LogP contribution in [0.3, 0.4) is 0 Å². The summed E-state index contributed by atoms with van der Waals surface area (Å²) in [5.74, 6) is 0.370. The van der Waals surface area contributed by atoms with Gasteiger partial charge in [0.25, 0.3) is 0 Å². The summed E-state index contributed by atoms with van der Waals surface area (Å²) in [6, 6.07) is 4.85. The third kappa shape index (κ3) is 3.43. The Labute approximate surface area is 98.2 Å². The van der Waals surface area contributed by atoms with Crippen molar-refractivity contribution in [3.8, 4) is 5.75 Å². The zero-order valence-electron chi connectivity index (χ0n) is 8.97. The Morgan fingerprint density at radius 3 is 2.81 bits per heavy atom. The lowest BCUT2D eigenvalue weighted by atomic mass is 10.2. The quantitative estimate of drug-likeness (QED) is 0.589. The van der Waals surface area contributed by atoms with Crippen LogP contribution in [-0.2, 0) is 0 Å². The van der Waals surface area contributed by atoms with E-state index < -0.39 is 5.97 Å². The molecule has 0 saturated carbocycles. The topological polar surface area (TPSA) is 66.8 Å². The molecule has 0 aromatic heterocycles. The average Bonchev–Trinajstić information content (AvgIpc) is 2.29. The van der Waals surface area contributed by atoms with Gasteiger partial charge >= 0.3 is 5.97 Å². The lowest BCUT2D eigenvalue weighted by Crippen LogP contribution is -2.00. The molecule has 1 aromatic carbocycles. The van der Waals surface area contributed by atoms with Crippen LogP contribution < -0.4 is 4.74 Å². The van der Waals surface area contributed by atoms with Crippen molar-refractivity contribution in [1.82, 2.24) is 0 Å². The van der Waals surface area contributed by atoms with Crippen molar-refractivity contribution in [2.45, 2.75) is 11.3 Å². The molecule has 0 radical (unpaired) electrons. The van der Waals surface area contributed by atoms with Gasteiger partial charge in [0.2, 0.25) is 0 Å². The minimum atomic E-state index is -0.950. The number of carbonyl (C=O) groups is 1. The molecule has 4 nitrogen and oxygen atoms in total. The number of benzene rings is 1. The van der Waals surface area contributed by atoms with Gasteiger partial charge in [-0.05, 0) is 24.6 Å². The van der Waals surface area contributed by atoms with Crippen LogP contribution in [0.2, 0.25) is 0 Å². The smallest absolute Gasteiger partial charge is 0.336 e. The highest BCUT2D eigenvalue weighted by Crippen LogP contribution is 2.27. The normalized spacial score (nSPS) is 10.1. The summed E-state index contributed by atoms with van der Waals surface area (Å²) in [6.07, 6.45) is 0.640. The third-order valence-electron chi connectivity index (χ3n) is 1.98. The molecular weight excluding hydrogens is 228 g/mol. The van der Waals surface area contributed by atoms with Crippen molar-refractivity contribution in [3.05, 3.63) is 23.8 Å². The van der Waals surface area contributed by atoms with E-state index in [-0.39, 0.29) is 12.2 Å². The van der Waals surface area contributed by atoms with E-state index in [0.717, 1.165) is 0 Å². The maximum Gasteiger partial charge on any atom is 0.336 e. The molecule has 1 rings (SSSR count). The molecule has 88 valence electrons. The van der Waals surface area contributed by atoms with E-state index in [1.807, 2.05) is 0 Å². The molecule has 0 aliphatic carbocycles. The van der Waals surface area contributed by atoms with Crippen LogP contribution in [0.1, 0.15) is 16.8 Å². The van der Waals surface area contributed by atoms with Crippen LogP contribution >= 0.6 is 11.8 Å². The highest BCUT2D eigenvalue weighted by Gasteiger charge is 2.11. The number of aromatic carboxylic acids is 1. The van der Waals surface area contributed by atoms with Gasteiger partial charge in [-0.3, -0.25) is 0 Å². The van der Waals surface area contributed by atoms with Crippen LogP contribution in [0.15, 0.2) is 23.1 Å². The first-order valence-electron chi connectivity index (χ1n) is 4.84. The second-order valence-corrected chi connectivity index (χ2v) is 4.23. The fraction of sp³-hybridized carbons (Fsp3) is 0.364. The number of methoxy groups -OCH3 is 1. The molecule has 16 heavy (non-hydrogen) atoms. The Morgan fingerprint density at radius 2 is 2.25 bits per heavy atom. The predicted octanol–water partition coefficient (Wildman–Crippen LogP) is 1.87. The standard InChI is InChI=1S/C11H14O4S/c1-15-8-3-4-9(11(13)14)10(7-8)16-6-2-5-12/h3-4,7,12H,2,5-6H2,1H3,(H,13,14). The van der Waals surface area contributed by atoms with Crippen LogP contribution in [0.5, 0.6) is 5.75 Å². The number of hydrogen-bond acceptors (Lipinski definition) is 4. The van der Waals surface area contributed by atoms with Gasteiger partial charge in [0, 0.05) is 17.3 Å². The zero-order chi connectivity index (χ0) is 12.0. The molecule has 0 heterocycles. The summed E-state index contributed by atoms with van der Waals surface area (Å²) in [5.41, 5.74) is 0.267. The number of carboxylic acid groups (broad SMARTS) is 1. The first-order valence-corrected chi connectivity index (χ1v) is 5.82. The predicted molar refractivity (Wildman–Crippen MR) is 62.4 cm³/mol. The summed E-state index contributed by atoms with van der Waals surface area (Å²) in [6.45, 7) is 0.110. The van der Waals surface area contributed by atoms with E-state index in [1.165, 1.54) is 24.9 Å². The summed E-state index contributed by atoms with van der Waals surface area (Å²) in [5, 5.41) is 17.7. The number of carboxylic acids is 1. The van der Waals surface area contributed by atoms with Gasteiger partial charge in [-0.15, -0.1) is 11.8 Å². The van der Waals surface area contributed by atoms with Crippen LogP contribution in [0.25, 0.3) is 0 Å². The van der Waals surface area contributed by atoms with Crippen molar-refractivity contribution in [1.29, 1.82) is 0 Å². The van der Waals surface area contributed by atoms with E-state index in [0.29, 0.717) is 22.8 Å². The fourth-order valence-electron chi connectivity index (χ4n) is 1.17. The largest absolute Gasteiger partial charge is 0.497 e. The minimum Gasteiger partial charge on any atom is -0.497 e. The SMILES string of the molecule is COc1ccc(C(=O)O)c(SCCCO)c1. The van der Waals surface area contributed by atoms with Gasteiger partial charge in [-0.25, -0.2) is 4.79 Å². The number of hydrogen-bond donors (Lipinski definition) is 2. The Balaban J connectivity index is 2.87. The van der Waals surface area contributed by atoms with Crippen molar-refractivity contribution in [2.24, 2.45) is 0 Å². The first kappa shape index (κ1) is 12.9. The number of thioether (sulfide) groups is 1. The van der Waals surface area contributed by atoms with Crippen LogP contribution in [0.4, 0.5) is 0 Å². The number of ether oxygens (including phenoxy) is 1. The Kier molecular flexibility index (Phi) is 5.14. The van der Waals surface area contributed by atoms with E-state index in [4.69, 9.17) is 14.9 Å². The van der Waals surface area contributed by atoms with Gasteiger partial charge in [-0.2, -0.15) is 0 Å². The lowest BCUT2D eigenvalue weighted by Gasteiger charge is -2.07. The van der Waals surface area contributed by atoms with Gasteiger partial charge in [0.1, 0.15) is 5.75 Å². The highest BCUT2D eigenvalue weighted by molar-refractivity contribution is 7.99. The molecule has 5 heteroatoms. The molecule has 2 N–H and O–H groups in total. The first-order chi connectivity index (χ1) is 7.69. The highest BCUT2D eigenvalue weighted by atomic mass is 32.2. The molecule has 0 unspecified atom stereocenters. The lowest BCUT2D eigenvalue weighted by molar-refractivity contribution is 0.0693. The maximum atomic E-state index is 11.0. The van der Waals surface area contributed by atoms with Gasteiger partial charge in [-0.1, -0.05) is 0 Å². The number of rotatable bonds is 6. The van der Waals surface area contributed by atoms with E-state index >= 15 is 0 Å². The van der Waals surface area contributed by atoms with Gasteiger partial charge in [0.05, 0.1) is 12.7 Å². The summed E-state index contributed by atoms with van der Waals surface area (Å²) >= 11 is 1.41. The Hall–Kier alpha value is -1.20. The van der Waals surface area contributed by atoms with Gasteiger partial charge in [0.15, 0.2) is 0 Å². The van der Waals surface area contributed by atoms with Crippen LogP contribution in [-0.4, -0.2) is 35.7 Å². The summed E-state index contributed by atoms with van der Waals surface area (Å²) in [7, 11) is 1.54. The molecule has 0 atom stereocenters. The van der Waals surface area contributed by atoms with E-state index in [1.54, 1.807) is 12.1 Å². The molecule has 0 bridgehead atoms. The van der Waals surface area contributed by atoms with Crippen molar-refractivity contribution in [3.63, 3.8) is 0 Å². The molecule has 0 amide bonds. The molecule has 1 aromatic rings. The zero-order valence-corrected chi connectivity index (χ0v) is 9.79. The van der Waals surface area contributed by atoms with Crippen molar-refractivity contribution >= 4 is 17.7 Å². The van der Waals surface area contributed by atoms with Crippen molar-refractivity contribution < 1.29 is 19.7 Å². The third-order valence-corrected chi connectivity index (χ3v) is 3.12. The molecule has 0 aliphatic heterocycles. The van der Waals surface area contributed by atoms with Crippen molar-refractivity contribution in [2.75, 3.05) is 19.5 Å². The number of aliphatic hydroxyl groups excluding tert-OH is 1. The Morgan fingerprint density at radius 1 is 1.50 bits per heavy atom. The summed E-state index contributed by atoms with van der Waals surface area (Å²) in [4.78, 5) is 11.6. The van der Waals surface area contributed by atoms with E-state index in [9.17, 15) is 4.79 Å². The second kappa shape index (κ2) is 6.40. The van der Waals surface area contributed by atoms with E-state index in [2.05, 4.69) is 0 Å². The van der Waals surface area contributed by atoms with Gasteiger partial charge < -0.3 is 14.9 Å². The maximum absolute atomic E-state index is 11.0. The molecule has 0 aliphatic rings. The monoisotopic (exact) mass is 242 g/mol. The van der Waals surface area contributed by atoms with Crippen LogP contribution in [0, 0.1) is 0 Å². The number of aliphatic hydroxyl groups is 1. The fourth-order valence-corrected chi connectivity index (χ4v) is 2.18. The Bertz CT molecular complexity index is 365. The average molecular weight is 242 g/mol.